The highest BCUT2D eigenvalue weighted by Gasteiger charge is 2.28. The number of carbonyl (C=O) groups excluding carboxylic acids is 1. The first-order chi connectivity index (χ1) is 11.4. The largest absolute Gasteiger partial charge is 0.480 e. The van der Waals surface area contributed by atoms with Gasteiger partial charge in [-0.15, -0.1) is 0 Å². The topological polar surface area (TPSA) is 101 Å². The number of aliphatic carboxylic acids is 1. The van der Waals surface area contributed by atoms with Crippen molar-refractivity contribution in [2.45, 2.75) is 39.3 Å². The van der Waals surface area contributed by atoms with Crippen LogP contribution in [0.5, 0.6) is 0 Å². The molecule has 2 aromatic rings. The maximum Gasteiger partial charge on any atom is 0.326 e. The molecule has 0 saturated heterocycles. The first-order valence-corrected chi connectivity index (χ1v) is 7.85. The summed E-state index contributed by atoms with van der Waals surface area (Å²) in [6.07, 6.45) is 1.93. The number of benzene rings is 1. The van der Waals surface area contributed by atoms with Crippen molar-refractivity contribution in [3.8, 4) is 0 Å². The van der Waals surface area contributed by atoms with Gasteiger partial charge in [0.2, 0.25) is 5.91 Å². The van der Waals surface area contributed by atoms with Crippen molar-refractivity contribution >= 4 is 22.8 Å². The van der Waals surface area contributed by atoms with Crippen LogP contribution in [0, 0.1) is 5.92 Å². The molecule has 7 heteroatoms. The van der Waals surface area contributed by atoms with E-state index in [9.17, 15) is 19.5 Å². The van der Waals surface area contributed by atoms with Crippen LogP contribution in [-0.4, -0.2) is 32.6 Å². The van der Waals surface area contributed by atoms with Crippen molar-refractivity contribution in [2.75, 3.05) is 0 Å². The second-order valence-electron chi connectivity index (χ2n) is 5.86. The Balaban J connectivity index is 2.29. The molecule has 0 fully saturated rings. The van der Waals surface area contributed by atoms with Crippen molar-refractivity contribution in [3.63, 3.8) is 0 Å². The third-order valence-corrected chi connectivity index (χ3v) is 4.26. The highest BCUT2D eigenvalue weighted by atomic mass is 16.4. The number of carboxylic acid groups (broad SMARTS) is 1. The van der Waals surface area contributed by atoms with Gasteiger partial charge in [-0.05, 0) is 25.0 Å². The number of aromatic nitrogens is 2. The Hall–Kier alpha value is -2.70. The molecule has 0 radical (unpaired) electrons. The molecule has 1 amide bonds. The van der Waals surface area contributed by atoms with E-state index in [1.54, 1.807) is 38.1 Å². The van der Waals surface area contributed by atoms with Crippen molar-refractivity contribution in [1.29, 1.82) is 0 Å². The quantitative estimate of drug-likeness (QED) is 0.837. The van der Waals surface area contributed by atoms with Crippen molar-refractivity contribution < 1.29 is 14.7 Å². The molecule has 0 aliphatic heterocycles. The maximum atomic E-state index is 12.5. The fraction of sp³-hybridized carbons (Fsp3) is 0.412. The highest BCUT2D eigenvalue weighted by molar-refractivity contribution is 5.86. The summed E-state index contributed by atoms with van der Waals surface area (Å²) < 4.78 is 1.22. The van der Waals surface area contributed by atoms with Crippen LogP contribution in [0.15, 0.2) is 35.4 Å². The average molecular weight is 331 g/mol. The summed E-state index contributed by atoms with van der Waals surface area (Å²) in [6.45, 7) is 5.16. The van der Waals surface area contributed by atoms with Crippen molar-refractivity contribution in [3.05, 3.63) is 40.9 Å². The van der Waals surface area contributed by atoms with Gasteiger partial charge in [-0.3, -0.25) is 14.2 Å². The van der Waals surface area contributed by atoms with Crippen LogP contribution >= 0.6 is 0 Å². The molecule has 1 aromatic carbocycles. The zero-order valence-electron chi connectivity index (χ0n) is 13.9. The number of hydrogen-bond donors (Lipinski definition) is 2. The molecule has 0 saturated carbocycles. The monoisotopic (exact) mass is 331 g/mol. The van der Waals surface area contributed by atoms with Gasteiger partial charge in [0.25, 0.3) is 5.56 Å². The summed E-state index contributed by atoms with van der Waals surface area (Å²) in [5.74, 6) is -1.83. The van der Waals surface area contributed by atoms with E-state index in [-0.39, 0.29) is 11.5 Å². The predicted octanol–water partition coefficient (Wildman–Crippen LogP) is 1.57. The molecule has 1 heterocycles. The summed E-state index contributed by atoms with van der Waals surface area (Å²) >= 11 is 0. The zero-order chi connectivity index (χ0) is 17.9. The van der Waals surface area contributed by atoms with Crippen LogP contribution in [0.2, 0.25) is 0 Å². The number of amides is 1. The summed E-state index contributed by atoms with van der Waals surface area (Å²) in [5, 5.41) is 12.2. The van der Waals surface area contributed by atoms with Crippen molar-refractivity contribution in [1.82, 2.24) is 14.9 Å². The Kier molecular flexibility index (Phi) is 5.33. The van der Waals surface area contributed by atoms with E-state index in [4.69, 9.17) is 0 Å². The Morgan fingerprint density at radius 3 is 2.58 bits per heavy atom. The molecule has 3 atom stereocenters. The smallest absolute Gasteiger partial charge is 0.326 e. The second-order valence-corrected chi connectivity index (χ2v) is 5.86. The molecule has 0 bridgehead atoms. The molecule has 0 unspecified atom stereocenters. The Bertz CT molecular complexity index is 815. The van der Waals surface area contributed by atoms with Crippen LogP contribution in [0.4, 0.5) is 0 Å². The number of fused-ring (bicyclic) bond motifs is 1. The molecule has 2 rings (SSSR count). The van der Waals surface area contributed by atoms with Gasteiger partial charge >= 0.3 is 5.97 Å². The van der Waals surface area contributed by atoms with Crippen LogP contribution < -0.4 is 10.9 Å². The summed E-state index contributed by atoms with van der Waals surface area (Å²) in [5.41, 5.74) is 0.216. The maximum absolute atomic E-state index is 12.5. The number of hydrogen-bond acceptors (Lipinski definition) is 4. The van der Waals surface area contributed by atoms with Crippen LogP contribution in [0.3, 0.4) is 0 Å². The standard InChI is InChI=1S/C17H21N3O4/c1-4-10(2)14(17(23)24)19-15(21)11(3)20-9-18-13-8-6-5-7-12(13)16(20)22/h5-11,14H,4H2,1-3H3,(H,19,21)(H,23,24)/t10-,11+,14+/m1/s1. The third kappa shape index (κ3) is 3.45. The third-order valence-electron chi connectivity index (χ3n) is 4.26. The predicted molar refractivity (Wildman–Crippen MR) is 89.7 cm³/mol. The molecular weight excluding hydrogens is 310 g/mol. The van der Waals surface area contributed by atoms with Gasteiger partial charge in [0.15, 0.2) is 0 Å². The Morgan fingerprint density at radius 2 is 1.96 bits per heavy atom. The molecule has 128 valence electrons. The van der Waals surface area contributed by atoms with Crippen LogP contribution in [0.25, 0.3) is 10.9 Å². The molecule has 2 N–H and O–H groups in total. The van der Waals surface area contributed by atoms with Gasteiger partial charge in [-0.1, -0.05) is 32.4 Å². The summed E-state index contributed by atoms with van der Waals surface area (Å²) in [7, 11) is 0. The minimum absolute atomic E-state index is 0.217. The number of nitrogens with one attached hydrogen (secondary N) is 1. The minimum Gasteiger partial charge on any atom is -0.480 e. The molecule has 0 aliphatic rings. The SMILES string of the molecule is CC[C@@H](C)[C@H](NC(=O)[C@H](C)n1cnc2ccccc2c1=O)C(=O)O. The molecule has 1 aromatic heterocycles. The number of carbonyl (C=O) groups is 2. The van der Waals surface area contributed by atoms with E-state index >= 15 is 0 Å². The normalized spacial score (nSPS) is 14.8. The van der Waals surface area contributed by atoms with Gasteiger partial charge in [0.1, 0.15) is 12.1 Å². The van der Waals surface area contributed by atoms with E-state index in [0.717, 1.165) is 0 Å². The van der Waals surface area contributed by atoms with E-state index < -0.39 is 24.0 Å². The number of para-hydroxylation sites is 1. The van der Waals surface area contributed by atoms with Gasteiger partial charge in [0, 0.05) is 0 Å². The van der Waals surface area contributed by atoms with E-state index in [0.29, 0.717) is 17.3 Å². The Labute approximate surface area is 139 Å². The van der Waals surface area contributed by atoms with Gasteiger partial charge in [-0.25, -0.2) is 9.78 Å². The lowest BCUT2D eigenvalue weighted by Gasteiger charge is -2.23. The summed E-state index contributed by atoms with van der Waals surface area (Å²) in [6, 6.07) is 5.01. The lowest BCUT2D eigenvalue weighted by Crippen LogP contribution is -2.48. The van der Waals surface area contributed by atoms with E-state index in [1.165, 1.54) is 10.9 Å². The van der Waals surface area contributed by atoms with E-state index in [1.807, 2.05) is 6.92 Å². The van der Waals surface area contributed by atoms with Crippen molar-refractivity contribution in [2.24, 2.45) is 5.92 Å². The fourth-order valence-electron chi connectivity index (χ4n) is 2.44. The van der Waals surface area contributed by atoms with Crippen LogP contribution in [0.1, 0.15) is 33.2 Å². The summed E-state index contributed by atoms with van der Waals surface area (Å²) in [4.78, 5) is 40.4. The van der Waals surface area contributed by atoms with Gasteiger partial charge < -0.3 is 10.4 Å². The molecular formula is C17H21N3O4. The Morgan fingerprint density at radius 1 is 1.29 bits per heavy atom. The van der Waals surface area contributed by atoms with Crippen LogP contribution in [-0.2, 0) is 9.59 Å². The van der Waals surface area contributed by atoms with Gasteiger partial charge in [0.05, 0.1) is 17.2 Å². The molecule has 7 nitrogen and oxygen atoms in total. The lowest BCUT2D eigenvalue weighted by molar-refractivity contribution is -0.143. The van der Waals surface area contributed by atoms with Gasteiger partial charge in [-0.2, -0.15) is 0 Å². The second kappa shape index (κ2) is 7.25. The lowest BCUT2D eigenvalue weighted by atomic mass is 9.99. The average Bonchev–Trinajstić information content (AvgIpc) is 2.58. The first-order valence-electron chi connectivity index (χ1n) is 7.85. The minimum atomic E-state index is -1.09. The molecule has 24 heavy (non-hydrogen) atoms. The fourth-order valence-corrected chi connectivity index (χ4v) is 2.44. The number of carboxylic acids is 1. The molecule has 0 aliphatic carbocycles. The first kappa shape index (κ1) is 17.7. The molecule has 0 spiro atoms. The highest BCUT2D eigenvalue weighted by Crippen LogP contribution is 2.12. The van der Waals surface area contributed by atoms with E-state index in [2.05, 4.69) is 10.3 Å². The zero-order valence-corrected chi connectivity index (χ0v) is 13.9. The number of nitrogens with zero attached hydrogens (tertiary/aromatic N) is 2. The number of rotatable bonds is 6.